The van der Waals surface area contributed by atoms with Gasteiger partial charge in [0, 0.05) is 11.1 Å². The molecule has 4 heteroatoms. The van der Waals surface area contributed by atoms with Crippen molar-refractivity contribution in [3.8, 4) is 22.9 Å². The van der Waals surface area contributed by atoms with Crippen LogP contribution >= 0.6 is 0 Å². The lowest BCUT2D eigenvalue weighted by atomic mass is 10.2. The van der Waals surface area contributed by atoms with E-state index in [4.69, 9.17) is 4.42 Å². The third kappa shape index (κ3) is 4.53. The van der Waals surface area contributed by atoms with Gasteiger partial charge in [0.15, 0.2) is 0 Å². The van der Waals surface area contributed by atoms with Gasteiger partial charge in [0.05, 0.1) is 0 Å². The fourth-order valence-corrected chi connectivity index (χ4v) is 1.87. The van der Waals surface area contributed by atoms with E-state index in [1.165, 1.54) is 0 Å². The first kappa shape index (κ1) is 15.9. The quantitative estimate of drug-likeness (QED) is 0.790. The summed E-state index contributed by atoms with van der Waals surface area (Å²) in [5.74, 6) is 1.09. The Labute approximate surface area is 131 Å². The minimum atomic E-state index is 0.546. The van der Waals surface area contributed by atoms with Crippen LogP contribution in [0.5, 0.6) is 0 Å². The molecule has 4 nitrogen and oxygen atoms in total. The molecule has 2 aromatic carbocycles. The molecule has 0 amide bonds. The second kappa shape index (κ2) is 8.74. The second-order valence-electron chi connectivity index (χ2n) is 4.60. The van der Waals surface area contributed by atoms with E-state index in [1.807, 2.05) is 60.7 Å². The fourth-order valence-electron chi connectivity index (χ4n) is 1.87. The van der Waals surface area contributed by atoms with Gasteiger partial charge in [0.1, 0.15) is 0 Å². The molecule has 0 aliphatic heterocycles. The van der Waals surface area contributed by atoms with E-state index in [-0.39, 0.29) is 0 Å². The Morgan fingerprint density at radius 2 is 1.14 bits per heavy atom. The van der Waals surface area contributed by atoms with Crippen molar-refractivity contribution in [2.45, 2.75) is 13.8 Å². The maximum absolute atomic E-state index is 5.63. The molecule has 0 radical (unpaired) electrons. The highest BCUT2D eigenvalue weighted by Crippen LogP contribution is 2.22. The molecule has 1 heterocycles. The summed E-state index contributed by atoms with van der Waals surface area (Å²) in [7, 11) is 0. The van der Waals surface area contributed by atoms with Crippen molar-refractivity contribution in [2.24, 2.45) is 0 Å². The van der Waals surface area contributed by atoms with Gasteiger partial charge in [-0.05, 0) is 37.4 Å². The first-order valence-electron chi connectivity index (χ1n) is 7.50. The number of rotatable bonds is 4. The predicted octanol–water partition coefficient (Wildman–Crippen LogP) is 4.02. The lowest BCUT2D eigenvalue weighted by Gasteiger charge is -1.93. The molecule has 0 atom stereocenters. The van der Waals surface area contributed by atoms with Crippen molar-refractivity contribution in [2.75, 3.05) is 13.1 Å². The summed E-state index contributed by atoms with van der Waals surface area (Å²) in [4.78, 5) is 0. The van der Waals surface area contributed by atoms with Crippen LogP contribution in [0.25, 0.3) is 22.9 Å². The average Bonchev–Trinajstić information content (AvgIpc) is 3.08. The van der Waals surface area contributed by atoms with Crippen LogP contribution in [0, 0.1) is 0 Å². The number of hydrogen-bond acceptors (Lipinski definition) is 4. The smallest absolute Gasteiger partial charge is 0.248 e. The summed E-state index contributed by atoms with van der Waals surface area (Å²) in [5.41, 5.74) is 1.87. The van der Waals surface area contributed by atoms with E-state index in [0.717, 1.165) is 24.2 Å². The highest BCUT2D eigenvalue weighted by molar-refractivity contribution is 5.57. The first-order chi connectivity index (χ1) is 10.8. The normalized spacial score (nSPS) is 9.91. The SMILES string of the molecule is CCNCC.c1ccc(-c2nnc(-c3ccccc3)o2)cc1. The Hall–Kier alpha value is -2.46. The average molecular weight is 295 g/mol. The third-order valence-corrected chi connectivity index (χ3v) is 2.97. The van der Waals surface area contributed by atoms with Gasteiger partial charge in [-0.3, -0.25) is 0 Å². The van der Waals surface area contributed by atoms with Crippen LogP contribution in [0.15, 0.2) is 65.1 Å². The van der Waals surface area contributed by atoms with E-state index < -0.39 is 0 Å². The molecule has 0 aliphatic rings. The van der Waals surface area contributed by atoms with E-state index in [2.05, 4.69) is 29.4 Å². The van der Waals surface area contributed by atoms with Crippen LogP contribution in [0.1, 0.15) is 13.8 Å². The number of nitrogens with one attached hydrogen (secondary N) is 1. The molecule has 0 saturated carbocycles. The van der Waals surface area contributed by atoms with Crippen LogP contribution in [0.3, 0.4) is 0 Å². The Kier molecular flexibility index (Phi) is 6.33. The summed E-state index contributed by atoms with van der Waals surface area (Å²) in [6.45, 7) is 6.39. The maximum atomic E-state index is 5.63. The molecular formula is C18H21N3O. The highest BCUT2D eigenvalue weighted by Gasteiger charge is 2.08. The molecule has 22 heavy (non-hydrogen) atoms. The fraction of sp³-hybridized carbons (Fsp3) is 0.222. The Balaban J connectivity index is 0.000000309. The Morgan fingerprint density at radius 1 is 0.727 bits per heavy atom. The lowest BCUT2D eigenvalue weighted by Crippen LogP contribution is -2.09. The van der Waals surface area contributed by atoms with Crippen LogP contribution in [0.2, 0.25) is 0 Å². The summed E-state index contributed by atoms with van der Waals surface area (Å²) in [6.07, 6.45) is 0. The van der Waals surface area contributed by atoms with Gasteiger partial charge in [-0.2, -0.15) is 0 Å². The number of hydrogen-bond donors (Lipinski definition) is 1. The summed E-state index contributed by atoms with van der Waals surface area (Å²) in [5, 5.41) is 11.2. The molecule has 1 N–H and O–H groups in total. The van der Waals surface area contributed by atoms with Crippen molar-refractivity contribution in [3.63, 3.8) is 0 Å². The topological polar surface area (TPSA) is 51.0 Å². The van der Waals surface area contributed by atoms with Gasteiger partial charge in [-0.15, -0.1) is 10.2 Å². The third-order valence-electron chi connectivity index (χ3n) is 2.97. The van der Waals surface area contributed by atoms with E-state index in [0.29, 0.717) is 11.8 Å². The maximum Gasteiger partial charge on any atom is 0.248 e. The number of nitrogens with zero attached hydrogens (tertiary/aromatic N) is 2. The molecule has 1 aromatic heterocycles. The predicted molar refractivity (Wildman–Crippen MR) is 89.4 cm³/mol. The second-order valence-corrected chi connectivity index (χ2v) is 4.60. The minimum Gasteiger partial charge on any atom is -0.416 e. The molecule has 0 aliphatic carbocycles. The van der Waals surface area contributed by atoms with Crippen LogP contribution in [-0.2, 0) is 0 Å². The van der Waals surface area contributed by atoms with Gasteiger partial charge in [0.2, 0.25) is 11.8 Å². The number of benzene rings is 2. The summed E-state index contributed by atoms with van der Waals surface area (Å²) in [6, 6.07) is 19.5. The van der Waals surface area contributed by atoms with Crippen LogP contribution in [0.4, 0.5) is 0 Å². The van der Waals surface area contributed by atoms with E-state index >= 15 is 0 Å². The van der Waals surface area contributed by atoms with Crippen molar-refractivity contribution in [1.82, 2.24) is 15.5 Å². The number of aromatic nitrogens is 2. The van der Waals surface area contributed by atoms with Gasteiger partial charge >= 0.3 is 0 Å². The zero-order valence-electron chi connectivity index (χ0n) is 13.0. The molecule has 0 saturated heterocycles. The van der Waals surface area contributed by atoms with E-state index in [9.17, 15) is 0 Å². The van der Waals surface area contributed by atoms with Crippen molar-refractivity contribution >= 4 is 0 Å². The lowest BCUT2D eigenvalue weighted by molar-refractivity contribution is 0.584. The molecular weight excluding hydrogens is 274 g/mol. The zero-order chi connectivity index (χ0) is 15.6. The zero-order valence-corrected chi connectivity index (χ0v) is 13.0. The molecule has 0 spiro atoms. The van der Waals surface area contributed by atoms with E-state index in [1.54, 1.807) is 0 Å². The van der Waals surface area contributed by atoms with Gasteiger partial charge < -0.3 is 9.73 Å². The van der Waals surface area contributed by atoms with Gasteiger partial charge in [-0.1, -0.05) is 50.2 Å². The molecule has 0 unspecified atom stereocenters. The molecule has 3 rings (SSSR count). The summed E-state index contributed by atoms with van der Waals surface area (Å²) < 4.78 is 5.63. The van der Waals surface area contributed by atoms with Crippen molar-refractivity contribution in [1.29, 1.82) is 0 Å². The standard InChI is InChI=1S/C14H10N2O.C4H11N/c1-3-7-11(8-4-1)13-15-16-14(17-13)12-9-5-2-6-10-12;1-3-5-4-2/h1-10H;5H,3-4H2,1-2H3. The largest absolute Gasteiger partial charge is 0.416 e. The summed E-state index contributed by atoms with van der Waals surface area (Å²) >= 11 is 0. The monoisotopic (exact) mass is 295 g/mol. The molecule has 114 valence electrons. The molecule has 0 fully saturated rings. The van der Waals surface area contributed by atoms with Crippen molar-refractivity contribution in [3.05, 3.63) is 60.7 Å². The van der Waals surface area contributed by atoms with Crippen LogP contribution in [-0.4, -0.2) is 23.3 Å². The highest BCUT2D eigenvalue weighted by atomic mass is 16.4. The Bertz CT molecular complexity index is 594. The Morgan fingerprint density at radius 3 is 1.45 bits per heavy atom. The van der Waals surface area contributed by atoms with Crippen molar-refractivity contribution < 1.29 is 4.42 Å². The van der Waals surface area contributed by atoms with Gasteiger partial charge in [0.25, 0.3) is 0 Å². The molecule has 3 aromatic rings. The van der Waals surface area contributed by atoms with Crippen LogP contribution < -0.4 is 5.32 Å². The molecule has 0 bridgehead atoms. The van der Waals surface area contributed by atoms with Gasteiger partial charge in [-0.25, -0.2) is 0 Å². The minimum absolute atomic E-state index is 0.546. The first-order valence-corrected chi connectivity index (χ1v) is 7.50.